The fraction of sp³-hybridized carbons (Fsp3) is 1.00. The van der Waals surface area contributed by atoms with Crippen molar-refractivity contribution in [2.24, 2.45) is 0 Å². The van der Waals surface area contributed by atoms with E-state index in [9.17, 15) is 11.7 Å². The third kappa shape index (κ3) is 1.98. The van der Waals surface area contributed by atoms with E-state index >= 15 is 0 Å². The Bertz CT molecular complexity index is 117. The number of hydroxylamine groups is 2. The van der Waals surface area contributed by atoms with Gasteiger partial charge in [0.25, 0.3) is 0 Å². The van der Waals surface area contributed by atoms with E-state index in [0.29, 0.717) is 0 Å². The van der Waals surface area contributed by atoms with Gasteiger partial charge in [0.2, 0.25) is 0 Å². The van der Waals surface area contributed by atoms with Crippen molar-refractivity contribution in [2.45, 2.75) is 6.92 Å². The number of quaternary nitrogens is 1. The lowest BCUT2D eigenvalue weighted by Gasteiger charge is -2.30. The quantitative estimate of drug-likeness (QED) is 0.505. The molecule has 0 unspecified atom stereocenters. The van der Waals surface area contributed by atoms with Crippen LogP contribution in [0.5, 0.6) is 0 Å². The van der Waals surface area contributed by atoms with Crippen LogP contribution in [0.3, 0.4) is 0 Å². The van der Waals surface area contributed by atoms with Crippen molar-refractivity contribution in [1.29, 1.82) is 0 Å². The van der Waals surface area contributed by atoms with Crippen LogP contribution in [0.25, 0.3) is 0 Å². The van der Waals surface area contributed by atoms with Crippen LogP contribution >= 0.6 is 11.4 Å². The van der Waals surface area contributed by atoms with Crippen molar-refractivity contribution >= 4 is 11.4 Å². The van der Waals surface area contributed by atoms with Crippen molar-refractivity contribution in [2.75, 3.05) is 20.8 Å². The van der Waals surface area contributed by atoms with Gasteiger partial charge in [0.05, 0.1) is 4.21 Å². The van der Waals surface area contributed by atoms with Gasteiger partial charge >= 0.3 is 11.4 Å². The average Bonchev–Trinajstić information content (AvgIpc) is 1.90. The van der Waals surface area contributed by atoms with Gasteiger partial charge in [-0.25, -0.2) is 0 Å². The Hall–Kier alpha value is 0.0200. The summed E-state index contributed by atoms with van der Waals surface area (Å²) in [7, 11) is 1.93. The molecule has 0 heterocycles. The first-order valence-corrected chi connectivity index (χ1v) is 4.14. The molecule has 3 nitrogen and oxygen atoms in total. The van der Waals surface area contributed by atoms with E-state index < -0.39 is 15.6 Å². The van der Waals surface area contributed by atoms with Crippen LogP contribution in [0.4, 0.5) is 11.7 Å². The molecule has 0 aromatic rings. The molecule has 0 atom stereocenters. The minimum atomic E-state index is -5.38. The topological polar surface area (TPSA) is 18.5 Å². The molecule has 0 aliphatic heterocycles. The summed E-state index contributed by atoms with van der Waals surface area (Å²) in [6.45, 7) is 1.05. The molecule has 0 amide bonds. The van der Waals surface area contributed by atoms with Gasteiger partial charge in [-0.1, -0.05) is 11.7 Å². The summed E-state index contributed by atoms with van der Waals surface area (Å²) in [5, 5.41) is 0. The van der Waals surface area contributed by atoms with Crippen LogP contribution in [0.2, 0.25) is 0 Å². The molecule has 0 aromatic heterocycles. The molecule has 0 saturated carbocycles. The maximum absolute atomic E-state index is 12.2. The molecule has 0 aliphatic rings. The minimum absolute atomic E-state index is 0.286. The molecule has 7 heteroatoms. The lowest BCUT2D eigenvalue weighted by atomic mass is 10.8. The Morgan fingerprint density at radius 1 is 1.18 bits per heavy atom. The second-order valence-electron chi connectivity index (χ2n) is 1.67. The third-order valence-corrected chi connectivity index (χ3v) is 2.45. The van der Waals surface area contributed by atoms with E-state index in [1.165, 1.54) is 6.92 Å². The molecule has 70 valence electrons. The van der Waals surface area contributed by atoms with E-state index in [1.54, 1.807) is 0 Å². The van der Waals surface area contributed by atoms with Crippen molar-refractivity contribution in [1.82, 2.24) is 0 Å². The maximum atomic E-state index is 12.2. The van der Waals surface area contributed by atoms with Crippen LogP contribution in [0.15, 0.2) is 0 Å². The Morgan fingerprint density at radius 3 is 1.55 bits per heavy atom. The molecule has 0 aromatic carbocycles. The number of rotatable bonds is 4. The SMILES string of the molecule is CC[N+](OC)(OC)S(F)(F)F. The summed E-state index contributed by atoms with van der Waals surface area (Å²) in [6, 6.07) is 0. The standard InChI is InChI=1S/C4H11F3NO2S/c1-4-8(9-2,10-3)11(5,6)7/h4H2,1-3H3/q+1. The molecular weight excluding hydrogens is 183 g/mol. The first-order chi connectivity index (χ1) is 4.93. The Balaban J connectivity index is 4.54. The van der Waals surface area contributed by atoms with Crippen LogP contribution in [0, 0.1) is 0 Å². The first kappa shape index (κ1) is 11.0. The van der Waals surface area contributed by atoms with Crippen molar-refractivity contribution in [3.8, 4) is 0 Å². The Labute approximate surface area is 65.5 Å². The summed E-state index contributed by atoms with van der Waals surface area (Å²) in [5.41, 5.74) is 0. The summed E-state index contributed by atoms with van der Waals surface area (Å²) < 4.78 is 34.9. The second-order valence-corrected chi connectivity index (χ2v) is 2.99. The summed E-state index contributed by atoms with van der Waals surface area (Å²) in [4.78, 5) is 8.46. The Morgan fingerprint density at radius 2 is 1.55 bits per heavy atom. The number of nitrogens with zero attached hydrogens (tertiary/aromatic N) is 1. The zero-order chi connectivity index (χ0) is 9.12. The van der Waals surface area contributed by atoms with Gasteiger partial charge in [0.1, 0.15) is 14.2 Å². The number of halogens is 3. The molecular formula is C4H11F3NO2S+. The molecule has 0 radical (unpaired) electrons. The molecule has 0 spiro atoms. The normalized spacial score (nSPS) is 15.1. The molecule has 0 fully saturated rings. The Kier molecular flexibility index (Phi) is 3.62. The van der Waals surface area contributed by atoms with Gasteiger partial charge in [0.15, 0.2) is 6.54 Å². The second kappa shape index (κ2) is 3.61. The van der Waals surface area contributed by atoms with Gasteiger partial charge in [0, 0.05) is 0 Å². The smallest absolute Gasteiger partial charge is 0.154 e. The van der Waals surface area contributed by atoms with Crippen molar-refractivity contribution < 1.29 is 25.5 Å². The molecule has 11 heavy (non-hydrogen) atoms. The first-order valence-electron chi connectivity index (χ1n) is 2.85. The van der Waals surface area contributed by atoms with Gasteiger partial charge in [-0.2, -0.15) is 9.68 Å². The van der Waals surface area contributed by atoms with Crippen LogP contribution in [0.1, 0.15) is 6.92 Å². The fourth-order valence-corrected chi connectivity index (χ4v) is 1.28. The van der Waals surface area contributed by atoms with E-state index in [-0.39, 0.29) is 6.54 Å². The van der Waals surface area contributed by atoms with Gasteiger partial charge in [-0.3, -0.25) is 0 Å². The van der Waals surface area contributed by atoms with E-state index in [4.69, 9.17) is 0 Å². The highest BCUT2D eigenvalue weighted by atomic mass is 32.3. The molecule has 0 aliphatic carbocycles. The third-order valence-electron chi connectivity index (χ3n) is 1.26. The highest BCUT2D eigenvalue weighted by molar-refractivity contribution is 8.15. The van der Waals surface area contributed by atoms with Gasteiger partial charge in [-0.15, -0.1) is 0 Å². The van der Waals surface area contributed by atoms with E-state index in [1.807, 2.05) is 0 Å². The lowest BCUT2D eigenvalue weighted by Crippen LogP contribution is -2.43. The lowest BCUT2D eigenvalue weighted by molar-refractivity contribution is -1.16. The van der Waals surface area contributed by atoms with Crippen LogP contribution in [-0.2, 0) is 9.68 Å². The molecule has 0 saturated heterocycles. The van der Waals surface area contributed by atoms with E-state index in [2.05, 4.69) is 9.68 Å². The molecule has 0 N–H and O–H groups in total. The monoisotopic (exact) mass is 194 g/mol. The molecule has 0 bridgehead atoms. The minimum Gasteiger partial charge on any atom is -0.154 e. The number of hydrogen-bond acceptors (Lipinski definition) is 2. The van der Waals surface area contributed by atoms with Gasteiger partial charge in [-0.05, 0) is 6.92 Å². The molecule has 0 rings (SSSR count). The number of hydrogen-bond donors (Lipinski definition) is 0. The maximum Gasteiger partial charge on any atom is 0.449 e. The zero-order valence-corrected chi connectivity index (χ0v) is 7.33. The summed E-state index contributed by atoms with van der Waals surface area (Å²) >= 11 is -5.38. The van der Waals surface area contributed by atoms with Crippen molar-refractivity contribution in [3.05, 3.63) is 0 Å². The average molecular weight is 194 g/mol. The zero-order valence-electron chi connectivity index (χ0n) is 6.51. The van der Waals surface area contributed by atoms with Crippen molar-refractivity contribution in [3.63, 3.8) is 0 Å². The van der Waals surface area contributed by atoms with Gasteiger partial charge < -0.3 is 0 Å². The highest BCUT2D eigenvalue weighted by Gasteiger charge is 2.54. The summed E-state index contributed by atoms with van der Waals surface area (Å²) in [6.07, 6.45) is 0. The van der Waals surface area contributed by atoms with Crippen LogP contribution in [-0.4, -0.2) is 25.0 Å². The van der Waals surface area contributed by atoms with E-state index in [0.717, 1.165) is 14.2 Å². The largest absolute Gasteiger partial charge is 0.449 e. The highest BCUT2D eigenvalue weighted by Crippen LogP contribution is 2.62. The fourth-order valence-electron chi connectivity index (χ4n) is 0.648. The van der Waals surface area contributed by atoms with Crippen LogP contribution < -0.4 is 0 Å². The predicted molar refractivity (Wildman–Crippen MR) is 35.7 cm³/mol. The summed E-state index contributed by atoms with van der Waals surface area (Å²) in [5.74, 6) is 0. The predicted octanol–water partition coefficient (Wildman–Crippen LogP) is 2.32.